The molecule has 3 rings (SSSR count). The molecule has 0 atom stereocenters. The lowest BCUT2D eigenvalue weighted by Crippen LogP contribution is -2.47. The summed E-state index contributed by atoms with van der Waals surface area (Å²) >= 11 is 0. The van der Waals surface area contributed by atoms with Gasteiger partial charge in [-0.1, -0.05) is 18.2 Å². The molecule has 3 N–H and O–H groups in total. The van der Waals surface area contributed by atoms with Crippen LogP contribution in [0.15, 0.2) is 47.5 Å². The highest BCUT2D eigenvalue weighted by atomic mass is 127. The Balaban J connectivity index is 0.00000363. The highest BCUT2D eigenvalue weighted by Gasteiger charge is 2.16. The van der Waals surface area contributed by atoms with Crippen LogP contribution in [0.1, 0.15) is 17.5 Å². The summed E-state index contributed by atoms with van der Waals surface area (Å²) in [6, 6.07) is 14.5. The van der Waals surface area contributed by atoms with Crippen LogP contribution in [0.25, 0.3) is 0 Å². The topological polar surface area (TPSA) is 75.4 Å². The average Bonchev–Trinajstić information content (AvgIpc) is 2.80. The highest BCUT2D eigenvalue weighted by Crippen LogP contribution is 2.27. The van der Waals surface area contributed by atoms with E-state index >= 15 is 0 Å². The van der Waals surface area contributed by atoms with E-state index < -0.39 is 0 Å². The average molecular weight is 553 g/mol. The third-order valence-corrected chi connectivity index (χ3v) is 5.58. The summed E-state index contributed by atoms with van der Waals surface area (Å²) in [5.74, 6) is 1.88. The Morgan fingerprint density at radius 3 is 2.47 bits per heavy atom. The van der Waals surface area contributed by atoms with Crippen molar-refractivity contribution in [3.63, 3.8) is 0 Å². The Hall–Kier alpha value is -2.20. The van der Waals surface area contributed by atoms with Gasteiger partial charge >= 0.3 is 0 Å². The molecule has 1 saturated heterocycles. The van der Waals surface area contributed by atoms with Gasteiger partial charge in [0.2, 0.25) is 0 Å². The highest BCUT2D eigenvalue weighted by molar-refractivity contribution is 14.0. The zero-order chi connectivity index (χ0) is 22.1. The number of hydrogen-bond acceptors (Lipinski definition) is 5. The molecule has 2 aromatic rings. The number of ether oxygens (including phenoxy) is 2. The molecule has 8 heteroatoms. The number of piperazine rings is 1. The van der Waals surface area contributed by atoms with Crippen molar-refractivity contribution in [2.45, 2.75) is 19.9 Å². The lowest BCUT2D eigenvalue weighted by Gasteiger charge is -2.36. The maximum absolute atomic E-state index is 6.02. The second kappa shape index (κ2) is 13.4. The number of halogens is 1. The molecule has 2 aromatic carbocycles. The summed E-state index contributed by atoms with van der Waals surface area (Å²) in [5, 5.41) is 3.22. The van der Waals surface area contributed by atoms with Crippen LogP contribution in [0, 0.1) is 6.92 Å². The number of nitrogens with one attached hydrogen (secondary N) is 1. The minimum atomic E-state index is 0. The van der Waals surface area contributed by atoms with Gasteiger partial charge in [0, 0.05) is 38.4 Å². The van der Waals surface area contributed by atoms with Crippen molar-refractivity contribution < 1.29 is 9.47 Å². The number of methoxy groups -OCH3 is 2. The minimum absolute atomic E-state index is 0. The van der Waals surface area contributed by atoms with E-state index in [4.69, 9.17) is 15.2 Å². The van der Waals surface area contributed by atoms with E-state index in [2.05, 4.69) is 51.3 Å². The molecule has 176 valence electrons. The minimum Gasteiger partial charge on any atom is -0.493 e. The van der Waals surface area contributed by atoms with Gasteiger partial charge in [-0.05, 0) is 55.3 Å². The molecule has 0 aliphatic carbocycles. The van der Waals surface area contributed by atoms with E-state index in [1.54, 1.807) is 14.2 Å². The Kier molecular flexibility index (Phi) is 10.9. The molecular weight excluding hydrogens is 517 g/mol. The number of benzene rings is 2. The molecule has 1 fully saturated rings. The maximum Gasteiger partial charge on any atom is 0.188 e. The normalized spacial score (nSPS) is 14.6. The van der Waals surface area contributed by atoms with E-state index in [9.17, 15) is 0 Å². The smallest absolute Gasteiger partial charge is 0.188 e. The Bertz CT molecular complexity index is 869. The number of anilines is 1. The molecule has 1 heterocycles. The molecule has 32 heavy (non-hydrogen) atoms. The molecule has 0 amide bonds. The van der Waals surface area contributed by atoms with Gasteiger partial charge in [-0.15, -0.1) is 24.0 Å². The van der Waals surface area contributed by atoms with Crippen LogP contribution in [0.3, 0.4) is 0 Å². The zero-order valence-corrected chi connectivity index (χ0v) is 21.7. The lowest BCUT2D eigenvalue weighted by atomic mass is 10.2. The summed E-state index contributed by atoms with van der Waals surface area (Å²) in [6.45, 7) is 8.87. The Labute approximate surface area is 209 Å². The number of nitrogens with two attached hydrogens (primary N) is 1. The summed E-state index contributed by atoms with van der Waals surface area (Å²) in [7, 11) is 3.25. The molecular formula is C24H36IN5O2. The van der Waals surface area contributed by atoms with Crippen molar-refractivity contribution in [3.05, 3.63) is 53.6 Å². The molecule has 0 spiro atoms. The number of hydrogen-bond donors (Lipinski definition) is 2. The summed E-state index contributed by atoms with van der Waals surface area (Å²) in [4.78, 5) is 9.42. The third kappa shape index (κ3) is 7.74. The van der Waals surface area contributed by atoms with Gasteiger partial charge in [-0.2, -0.15) is 0 Å². The van der Waals surface area contributed by atoms with E-state index in [0.29, 0.717) is 24.0 Å². The first-order chi connectivity index (χ1) is 15.1. The first-order valence-corrected chi connectivity index (χ1v) is 10.9. The fourth-order valence-electron chi connectivity index (χ4n) is 3.78. The van der Waals surface area contributed by atoms with E-state index in [1.807, 2.05) is 18.2 Å². The molecule has 7 nitrogen and oxygen atoms in total. The van der Waals surface area contributed by atoms with Crippen molar-refractivity contribution in [2.75, 3.05) is 58.4 Å². The van der Waals surface area contributed by atoms with Crippen LogP contribution in [0.4, 0.5) is 5.69 Å². The van der Waals surface area contributed by atoms with Crippen LogP contribution in [0.2, 0.25) is 0 Å². The molecule has 0 aromatic heterocycles. The van der Waals surface area contributed by atoms with Gasteiger partial charge in [-0.3, -0.25) is 4.90 Å². The fraction of sp³-hybridized carbons (Fsp3) is 0.458. The van der Waals surface area contributed by atoms with Crippen molar-refractivity contribution in [1.29, 1.82) is 0 Å². The van der Waals surface area contributed by atoms with Crippen LogP contribution in [0.5, 0.6) is 11.5 Å². The number of rotatable bonds is 9. The Morgan fingerprint density at radius 2 is 1.78 bits per heavy atom. The van der Waals surface area contributed by atoms with Gasteiger partial charge in [0.1, 0.15) is 0 Å². The largest absolute Gasteiger partial charge is 0.493 e. The summed E-state index contributed by atoms with van der Waals surface area (Å²) in [5.41, 5.74) is 9.70. The molecule has 0 unspecified atom stereocenters. The van der Waals surface area contributed by atoms with Gasteiger partial charge in [0.05, 0.1) is 20.8 Å². The lowest BCUT2D eigenvalue weighted by molar-refractivity contribution is 0.255. The standard InChI is InChI=1S/C24H35N5O2.HI/c1-19-6-4-7-21(16-19)29-14-12-28(13-15-29)11-5-10-26-24(25)27-18-20-8-9-22(30-2)23(17-20)31-3;/h4,6-9,16-17H,5,10-15,18H2,1-3H3,(H3,25,26,27);1H. The van der Waals surface area contributed by atoms with E-state index in [-0.39, 0.29) is 24.0 Å². The van der Waals surface area contributed by atoms with Crippen LogP contribution >= 0.6 is 24.0 Å². The first-order valence-electron chi connectivity index (χ1n) is 10.9. The van der Waals surface area contributed by atoms with E-state index in [1.165, 1.54) is 11.3 Å². The maximum atomic E-state index is 6.02. The van der Waals surface area contributed by atoms with Gasteiger partial charge < -0.3 is 25.4 Å². The predicted octanol–water partition coefficient (Wildman–Crippen LogP) is 3.25. The number of guanidine groups is 1. The molecule has 0 saturated carbocycles. The Morgan fingerprint density at radius 1 is 1.03 bits per heavy atom. The quantitative estimate of drug-likeness (QED) is 0.215. The molecule has 1 aliphatic rings. The summed E-state index contributed by atoms with van der Waals surface area (Å²) < 4.78 is 10.6. The van der Waals surface area contributed by atoms with Crippen molar-refractivity contribution in [3.8, 4) is 11.5 Å². The predicted molar refractivity (Wildman–Crippen MR) is 143 cm³/mol. The number of aliphatic imine (C=N–C) groups is 1. The summed E-state index contributed by atoms with van der Waals surface area (Å²) in [6.07, 6.45) is 1.04. The van der Waals surface area contributed by atoms with Gasteiger partial charge in [-0.25, -0.2) is 4.99 Å². The second-order valence-electron chi connectivity index (χ2n) is 7.84. The fourth-order valence-corrected chi connectivity index (χ4v) is 3.78. The number of aryl methyl sites for hydroxylation is 1. The number of nitrogens with zero attached hydrogens (tertiary/aromatic N) is 3. The zero-order valence-electron chi connectivity index (χ0n) is 19.3. The molecule has 0 radical (unpaired) electrons. The van der Waals surface area contributed by atoms with E-state index in [0.717, 1.165) is 51.3 Å². The van der Waals surface area contributed by atoms with Crippen molar-refractivity contribution in [2.24, 2.45) is 10.7 Å². The van der Waals surface area contributed by atoms with Gasteiger partial charge in [0.25, 0.3) is 0 Å². The second-order valence-corrected chi connectivity index (χ2v) is 7.84. The SMILES string of the molecule is COc1ccc(CN=C(N)NCCCN2CCN(c3cccc(C)c3)CC2)cc1OC.I. The first kappa shape index (κ1) is 26.1. The molecule has 1 aliphatic heterocycles. The van der Waals surface area contributed by atoms with Crippen molar-refractivity contribution >= 4 is 35.6 Å². The van der Waals surface area contributed by atoms with Crippen LogP contribution < -0.4 is 25.4 Å². The molecule has 0 bridgehead atoms. The van der Waals surface area contributed by atoms with Crippen LogP contribution in [-0.2, 0) is 6.54 Å². The van der Waals surface area contributed by atoms with Crippen molar-refractivity contribution in [1.82, 2.24) is 10.2 Å². The monoisotopic (exact) mass is 553 g/mol. The van der Waals surface area contributed by atoms with Crippen LogP contribution in [-0.4, -0.2) is 64.3 Å². The van der Waals surface area contributed by atoms with Gasteiger partial charge in [0.15, 0.2) is 17.5 Å². The third-order valence-electron chi connectivity index (χ3n) is 5.58.